The molecule has 0 radical (unpaired) electrons. The van der Waals surface area contributed by atoms with Gasteiger partial charge in [-0.2, -0.15) is 0 Å². The second-order valence-corrected chi connectivity index (χ2v) is 5.39. The summed E-state index contributed by atoms with van der Waals surface area (Å²) in [5, 5.41) is 0. The van der Waals surface area contributed by atoms with Crippen LogP contribution in [0, 0.1) is 6.92 Å². The Labute approximate surface area is 125 Å². The molecule has 112 valence electrons. The fourth-order valence-electron chi connectivity index (χ4n) is 2.33. The van der Waals surface area contributed by atoms with Crippen LogP contribution in [0.5, 0.6) is 5.75 Å². The van der Waals surface area contributed by atoms with Crippen molar-refractivity contribution < 1.29 is 9.53 Å². The molecule has 0 aliphatic carbocycles. The lowest BCUT2D eigenvalue weighted by molar-refractivity contribution is 0.0818. The van der Waals surface area contributed by atoms with Gasteiger partial charge in [0.25, 0.3) is 5.91 Å². The summed E-state index contributed by atoms with van der Waals surface area (Å²) in [5.74, 6) is 0.860. The van der Waals surface area contributed by atoms with E-state index in [4.69, 9.17) is 4.74 Å². The van der Waals surface area contributed by atoms with E-state index in [1.165, 1.54) is 0 Å². The Morgan fingerprint density at radius 1 is 1.19 bits per heavy atom. The molecule has 1 aromatic heterocycles. The number of aromatic nitrogens is 1. The highest BCUT2D eigenvalue weighted by atomic mass is 16.5. The van der Waals surface area contributed by atoms with Crippen molar-refractivity contribution in [3.8, 4) is 16.9 Å². The van der Waals surface area contributed by atoms with Gasteiger partial charge in [-0.1, -0.05) is 6.07 Å². The predicted molar refractivity (Wildman–Crippen MR) is 84.8 cm³/mol. The monoisotopic (exact) mass is 286 g/mol. The quantitative estimate of drug-likeness (QED) is 0.865. The van der Waals surface area contributed by atoms with Crippen molar-refractivity contribution in [2.24, 2.45) is 7.05 Å². The van der Waals surface area contributed by atoms with Gasteiger partial charge in [0, 0.05) is 32.9 Å². The van der Waals surface area contributed by atoms with Crippen molar-refractivity contribution in [2.45, 2.75) is 13.8 Å². The average molecular weight is 286 g/mol. The minimum atomic E-state index is 0.00133. The molecule has 0 N–H and O–H groups in total. The van der Waals surface area contributed by atoms with E-state index in [9.17, 15) is 4.79 Å². The molecule has 0 aliphatic rings. The van der Waals surface area contributed by atoms with E-state index in [0.717, 1.165) is 22.4 Å². The summed E-state index contributed by atoms with van der Waals surface area (Å²) in [6.07, 6.45) is 1.97. The third-order valence-electron chi connectivity index (χ3n) is 3.33. The first-order valence-corrected chi connectivity index (χ1v) is 7.05. The van der Waals surface area contributed by atoms with Crippen LogP contribution in [0.1, 0.15) is 23.0 Å². The Bertz CT molecular complexity index is 657. The number of rotatable bonds is 4. The number of carbonyl (C=O) groups is 1. The highest BCUT2D eigenvalue weighted by Gasteiger charge is 2.14. The van der Waals surface area contributed by atoms with E-state index in [0.29, 0.717) is 12.3 Å². The highest BCUT2D eigenvalue weighted by Crippen LogP contribution is 2.27. The van der Waals surface area contributed by atoms with Crippen molar-refractivity contribution in [2.75, 3.05) is 20.7 Å². The normalized spacial score (nSPS) is 10.5. The smallest absolute Gasteiger partial charge is 0.269 e. The summed E-state index contributed by atoms with van der Waals surface area (Å²) in [7, 11) is 5.41. The van der Waals surface area contributed by atoms with E-state index < -0.39 is 0 Å². The maximum atomic E-state index is 12.1. The lowest BCUT2D eigenvalue weighted by Gasteiger charge is -2.10. The molecule has 4 heteroatoms. The molecule has 4 nitrogen and oxygen atoms in total. The first kappa shape index (κ1) is 15.2. The van der Waals surface area contributed by atoms with Gasteiger partial charge in [-0.3, -0.25) is 4.79 Å². The van der Waals surface area contributed by atoms with E-state index in [1.807, 2.05) is 49.9 Å². The molecule has 2 aromatic rings. The van der Waals surface area contributed by atoms with Crippen LogP contribution in [0.2, 0.25) is 0 Å². The summed E-state index contributed by atoms with van der Waals surface area (Å²) >= 11 is 0. The molecule has 0 fully saturated rings. The van der Waals surface area contributed by atoms with E-state index in [2.05, 4.69) is 6.07 Å². The summed E-state index contributed by atoms with van der Waals surface area (Å²) in [6.45, 7) is 4.65. The number of aryl methyl sites for hydroxylation is 2. The Morgan fingerprint density at radius 2 is 1.90 bits per heavy atom. The third kappa shape index (κ3) is 3.27. The molecule has 1 heterocycles. The van der Waals surface area contributed by atoms with Gasteiger partial charge in [-0.05, 0) is 43.2 Å². The molecular formula is C17H22N2O2. The largest absolute Gasteiger partial charge is 0.494 e. The van der Waals surface area contributed by atoms with Crippen LogP contribution < -0.4 is 4.74 Å². The van der Waals surface area contributed by atoms with Gasteiger partial charge in [-0.15, -0.1) is 0 Å². The zero-order valence-corrected chi connectivity index (χ0v) is 13.3. The second kappa shape index (κ2) is 6.04. The highest BCUT2D eigenvalue weighted by molar-refractivity contribution is 5.94. The fourth-order valence-corrected chi connectivity index (χ4v) is 2.33. The number of benzene rings is 1. The van der Waals surface area contributed by atoms with Gasteiger partial charge in [0.2, 0.25) is 0 Å². The molecule has 1 amide bonds. The van der Waals surface area contributed by atoms with Crippen LogP contribution >= 0.6 is 0 Å². The zero-order chi connectivity index (χ0) is 15.6. The Hall–Kier alpha value is -2.23. The molecular weight excluding hydrogens is 264 g/mol. The van der Waals surface area contributed by atoms with Crippen LogP contribution in [0.25, 0.3) is 11.1 Å². The number of ether oxygens (including phenoxy) is 1. The van der Waals surface area contributed by atoms with Gasteiger partial charge in [0.05, 0.1) is 6.61 Å². The van der Waals surface area contributed by atoms with Gasteiger partial charge in [-0.25, -0.2) is 0 Å². The number of carbonyl (C=O) groups excluding carboxylic acids is 1. The number of hydrogen-bond acceptors (Lipinski definition) is 2. The Morgan fingerprint density at radius 3 is 2.52 bits per heavy atom. The maximum absolute atomic E-state index is 12.1. The molecule has 0 aliphatic heterocycles. The zero-order valence-electron chi connectivity index (χ0n) is 13.3. The van der Waals surface area contributed by atoms with Crippen LogP contribution in [0.3, 0.4) is 0 Å². The third-order valence-corrected chi connectivity index (χ3v) is 3.33. The minimum Gasteiger partial charge on any atom is -0.494 e. The van der Waals surface area contributed by atoms with Crippen molar-refractivity contribution in [3.63, 3.8) is 0 Å². The van der Waals surface area contributed by atoms with Gasteiger partial charge >= 0.3 is 0 Å². The van der Waals surface area contributed by atoms with Crippen molar-refractivity contribution >= 4 is 5.91 Å². The van der Waals surface area contributed by atoms with Crippen molar-refractivity contribution in [1.82, 2.24) is 9.47 Å². The molecule has 0 atom stereocenters. The molecule has 1 aromatic carbocycles. The molecule has 2 rings (SSSR count). The number of nitrogens with zero attached hydrogens (tertiary/aromatic N) is 2. The predicted octanol–water partition coefficient (Wildman–Crippen LogP) is 3.10. The standard InChI is InChI=1S/C17H22N2O2/c1-6-21-15-8-12(2)7-13(9-15)14-10-16(19(5)11-14)17(20)18(3)4/h7-11H,6H2,1-5H3. The van der Waals surface area contributed by atoms with Crippen LogP contribution in [-0.2, 0) is 7.05 Å². The Kier molecular flexibility index (Phi) is 4.36. The molecule has 0 spiro atoms. The molecule has 21 heavy (non-hydrogen) atoms. The summed E-state index contributed by atoms with van der Waals surface area (Å²) < 4.78 is 7.45. The van der Waals surface area contributed by atoms with E-state index in [1.54, 1.807) is 19.0 Å². The number of hydrogen-bond donors (Lipinski definition) is 0. The molecule has 0 bridgehead atoms. The minimum absolute atomic E-state index is 0.00133. The fraction of sp³-hybridized carbons (Fsp3) is 0.353. The summed E-state index contributed by atoms with van der Waals surface area (Å²) in [6, 6.07) is 8.05. The average Bonchev–Trinajstić information content (AvgIpc) is 2.79. The van der Waals surface area contributed by atoms with E-state index in [-0.39, 0.29) is 5.91 Å². The maximum Gasteiger partial charge on any atom is 0.269 e. The molecule has 0 unspecified atom stereocenters. The second-order valence-electron chi connectivity index (χ2n) is 5.39. The first-order chi connectivity index (χ1) is 9.92. The van der Waals surface area contributed by atoms with Crippen molar-refractivity contribution in [1.29, 1.82) is 0 Å². The lowest BCUT2D eigenvalue weighted by atomic mass is 10.1. The first-order valence-electron chi connectivity index (χ1n) is 7.05. The van der Waals surface area contributed by atoms with Crippen molar-refractivity contribution in [3.05, 3.63) is 41.7 Å². The van der Waals surface area contributed by atoms with Crippen LogP contribution in [0.15, 0.2) is 30.5 Å². The Balaban J connectivity index is 2.43. The van der Waals surface area contributed by atoms with Gasteiger partial charge in [0.1, 0.15) is 11.4 Å². The SMILES string of the molecule is CCOc1cc(C)cc(-c2cc(C(=O)N(C)C)n(C)c2)c1. The summed E-state index contributed by atoms with van der Waals surface area (Å²) in [4.78, 5) is 13.7. The number of amides is 1. The van der Waals surface area contributed by atoms with Crippen LogP contribution in [-0.4, -0.2) is 36.1 Å². The van der Waals surface area contributed by atoms with Gasteiger partial charge in [0.15, 0.2) is 0 Å². The topological polar surface area (TPSA) is 34.5 Å². The lowest BCUT2D eigenvalue weighted by Crippen LogP contribution is -2.23. The molecule has 0 saturated heterocycles. The van der Waals surface area contributed by atoms with Gasteiger partial charge < -0.3 is 14.2 Å². The van der Waals surface area contributed by atoms with E-state index >= 15 is 0 Å². The summed E-state index contributed by atoms with van der Waals surface area (Å²) in [5.41, 5.74) is 3.90. The molecule has 0 saturated carbocycles. The van der Waals surface area contributed by atoms with Crippen LogP contribution in [0.4, 0.5) is 0 Å².